The summed E-state index contributed by atoms with van der Waals surface area (Å²) < 4.78 is 9.71. The molecule has 3 amide bonds. The van der Waals surface area contributed by atoms with Crippen molar-refractivity contribution in [1.82, 2.24) is 10.2 Å². The molecule has 0 spiro atoms. The molecule has 0 bridgehead atoms. The molecule has 2 rings (SSSR count). The topological polar surface area (TPSA) is 137 Å². The summed E-state index contributed by atoms with van der Waals surface area (Å²) in [5, 5.41) is 15.1. The number of methoxy groups -OCH3 is 1. The molecule has 10 nitrogen and oxygen atoms in total. The number of aliphatic hydroxyl groups is 1. The number of rotatable bonds is 4. The number of amides is 3. The third-order valence-electron chi connectivity index (χ3n) is 3.73. The minimum atomic E-state index is -1.16. The van der Waals surface area contributed by atoms with Gasteiger partial charge >= 0.3 is 6.03 Å². The standard InChI is InChI=1S/C11H16BrN5O5/c1-11(12)8(19)14-10(20)17(9(11)21-2)7-3-5(15-16-13)6(4-18)22-7/h5-7,9,18H,3-4H2,1-2H3,(H,14,19,20)/t5-,6+,7+,9+,11-/m0/s1. The fourth-order valence-electron chi connectivity index (χ4n) is 2.62. The second-order valence-electron chi connectivity index (χ2n) is 5.15. The van der Waals surface area contributed by atoms with E-state index in [4.69, 9.17) is 15.0 Å². The molecule has 2 fully saturated rings. The third kappa shape index (κ3) is 2.77. The average molecular weight is 378 g/mol. The largest absolute Gasteiger partial charge is 0.394 e. The van der Waals surface area contributed by atoms with Gasteiger partial charge in [0.1, 0.15) is 10.6 Å². The summed E-state index contributed by atoms with van der Waals surface area (Å²) in [6, 6.07) is -1.28. The molecule has 2 saturated heterocycles. The molecule has 0 aromatic heterocycles. The number of azide groups is 1. The van der Waals surface area contributed by atoms with Gasteiger partial charge in [0.2, 0.25) is 5.91 Å². The molecule has 2 N–H and O–H groups in total. The van der Waals surface area contributed by atoms with E-state index in [0.717, 1.165) is 0 Å². The highest BCUT2D eigenvalue weighted by molar-refractivity contribution is 9.10. The minimum Gasteiger partial charge on any atom is -0.394 e. The van der Waals surface area contributed by atoms with Crippen LogP contribution >= 0.6 is 15.9 Å². The van der Waals surface area contributed by atoms with Crippen LogP contribution < -0.4 is 5.32 Å². The number of carbonyl (C=O) groups excluding carboxylic acids is 2. The summed E-state index contributed by atoms with van der Waals surface area (Å²) in [6.45, 7) is 1.22. The number of carbonyl (C=O) groups is 2. The predicted molar refractivity (Wildman–Crippen MR) is 76.8 cm³/mol. The predicted octanol–water partition coefficient (Wildman–Crippen LogP) is 0.451. The second-order valence-corrected chi connectivity index (χ2v) is 6.80. The minimum absolute atomic E-state index is 0.194. The van der Waals surface area contributed by atoms with Crippen molar-refractivity contribution in [3.63, 3.8) is 0 Å². The van der Waals surface area contributed by atoms with E-state index in [-0.39, 0.29) is 13.0 Å². The van der Waals surface area contributed by atoms with Crippen molar-refractivity contribution < 1.29 is 24.2 Å². The number of ether oxygens (including phenoxy) is 2. The van der Waals surface area contributed by atoms with E-state index in [0.29, 0.717) is 0 Å². The summed E-state index contributed by atoms with van der Waals surface area (Å²) in [4.78, 5) is 28.0. The monoisotopic (exact) mass is 377 g/mol. The van der Waals surface area contributed by atoms with Gasteiger partial charge in [0, 0.05) is 18.4 Å². The first-order chi connectivity index (χ1) is 10.4. The molecular formula is C11H16BrN5O5. The highest BCUT2D eigenvalue weighted by Gasteiger charge is 2.54. The number of halogens is 1. The van der Waals surface area contributed by atoms with E-state index in [9.17, 15) is 14.7 Å². The number of aliphatic hydroxyl groups excluding tert-OH is 1. The smallest absolute Gasteiger partial charge is 0.328 e. The number of imide groups is 1. The molecule has 0 unspecified atom stereocenters. The zero-order chi connectivity index (χ0) is 16.5. The van der Waals surface area contributed by atoms with E-state index >= 15 is 0 Å². The van der Waals surface area contributed by atoms with Crippen LogP contribution in [0.2, 0.25) is 0 Å². The summed E-state index contributed by atoms with van der Waals surface area (Å²) in [7, 11) is 1.37. The number of nitrogens with one attached hydrogen (secondary N) is 1. The van der Waals surface area contributed by atoms with Crippen molar-refractivity contribution in [2.45, 2.75) is 42.3 Å². The zero-order valence-electron chi connectivity index (χ0n) is 12.0. The second kappa shape index (κ2) is 6.39. The van der Waals surface area contributed by atoms with Crippen molar-refractivity contribution in [3.05, 3.63) is 10.4 Å². The van der Waals surface area contributed by atoms with E-state index in [1.807, 2.05) is 0 Å². The van der Waals surface area contributed by atoms with Crippen molar-refractivity contribution in [1.29, 1.82) is 0 Å². The Morgan fingerprint density at radius 1 is 1.68 bits per heavy atom. The van der Waals surface area contributed by atoms with Gasteiger partial charge in [-0.2, -0.15) is 0 Å². The highest BCUT2D eigenvalue weighted by atomic mass is 79.9. The Morgan fingerprint density at radius 2 is 2.36 bits per heavy atom. The molecule has 5 atom stereocenters. The highest BCUT2D eigenvalue weighted by Crippen LogP contribution is 2.35. The Kier molecular flexibility index (Phi) is 4.93. The summed E-state index contributed by atoms with van der Waals surface area (Å²) in [5.74, 6) is -0.524. The van der Waals surface area contributed by atoms with Gasteiger partial charge in [0.15, 0.2) is 6.23 Å². The average Bonchev–Trinajstić information content (AvgIpc) is 2.85. The SMILES string of the molecule is CO[C@H]1N([C@H]2C[C@H](N=[N+]=[N-])[C@@H](CO)O2)C(=O)NC(=O)[C@]1(C)Br. The zero-order valence-corrected chi connectivity index (χ0v) is 13.6. The third-order valence-corrected chi connectivity index (χ3v) is 4.48. The lowest BCUT2D eigenvalue weighted by Crippen LogP contribution is -2.69. The van der Waals surface area contributed by atoms with Crippen LogP contribution in [0.15, 0.2) is 5.11 Å². The molecule has 11 heteroatoms. The number of hydrogen-bond acceptors (Lipinski definition) is 6. The molecule has 0 radical (unpaired) electrons. The fourth-order valence-corrected chi connectivity index (χ4v) is 3.13. The molecule has 0 aliphatic carbocycles. The Balaban J connectivity index is 2.28. The Labute approximate surface area is 134 Å². The lowest BCUT2D eigenvalue weighted by Gasteiger charge is -2.44. The van der Waals surface area contributed by atoms with Crippen LogP contribution in [-0.4, -0.2) is 64.6 Å². The van der Waals surface area contributed by atoms with Crippen molar-refractivity contribution in [2.75, 3.05) is 13.7 Å². The Hall–Kier alpha value is -1.39. The van der Waals surface area contributed by atoms with Crippen LogP contribution in [0, 0.1) is 0 Å². The molecule has 2 aliphatic rings. The van der Waals surface area contributed by atoms with Gasteiger partial charge in [-0.25, -0.2) is 4.79 Å². The van der Waals surface area contributed by atoms with Gasteiger partial charge in [-0.1, -0.05) is 21.0 Å². The number of alkyl halides is 1. The fraction of sp³-hybridized carbons (Fsp3) is 0.818. The van der Waals surface area contributed by atoms with Crippen molar-refractivity contribution in [3.8, 4) is 0 Å². The molecule has 2 heterocycles. The first-order valence-electron chi connectivity index (χ1n) is 6.52. The van der Waals surface area contributed by atoms with E-state index in [1.165, 1.54) is 12.0 Å². The first-order valence-corrected chi connectivity index (χ1v) is 7.32. The van der Waals surface area contributed by atoms with Gasteiger partial charge in [-0.3, -0.25) is 15.0 Å². The summed E-state index contributed by atoms with van der Waals surface area (Å²) in [6.07, 6.45) is -2.23. The van der Waals surface area contributed by atoms with Crippen LogP contribution in [0.4, 0.5) is 4.79 Å². The lowest BCUT2D eigenvalue weighted by molar-refractivity contribution is -0.153. The molecule has 2 aliphatic heterocycles. The maximum atomic E-state index is 12.2. The van der Waals surface area contributed by atoms with Gasteiger partial charge in [0.25, 0.3) is 0 Å². The van der Waals surface area contributed by atoms with E-state index < -0.39 is 40.9 Å². The molecular weight excluding hydrogens is 362 g/mol. The summed E-state index contributed by atoms with van der Waals surface area (Å²) >= 11 is 3.26. The van der Waals surface area contributed by atoms with Crippen molar-refractivity contribution >= 4 is 27.9 Å². The molecule has 0 saturated carbocycles. The molecule has 0 aromatic carbocycles. The normalized spacial score (nSPS) is 38.6. The van der Waals surface area contributed by atoms with Gasteiger partial charge in [-0.15, -0.1) is 0 Å². The quantitative estimate of drug-likeness (QED) is 0.317. The number of nitrogens with zero attached hydrogens (tertiary/aromatic N) is 4. The number of urea groups is 1. The van der Waals surface area contributed by atoms with E-state index in [1.54, 1.807) is 6.92 Å². The van der Waals surface area contributed by atoms with Crippen LogP contribution in [0.3, 0.4) is 0 Å². The van der Waals surface area contributed by atoms with Crippen LogP contribution in [0.5, 0.6) is 0 Å². The first kappa shape index (κ1) is 17.0. The van der Waals surface area contributed by atoms with Crippen LogP contribution in [0.1, 0.15) is 13.3 Å². The Bertz CT molecular complexity index is 523. The van der Waals surface area contributed by atoms with E-state index in [2.05, 4.69) is 31.3 Å². The molecule has 0 aromatic rings. The van der Waals surface area contributed by atoms with Crippen LogP contribution in [0.25, 0.3) is 10.4 Å². The van der Waals surface area contributed by atoms with Gasteiger partial charge < -0.3 is 14.6 Å². The molecule has 22 heavy (non-hydrogen) atoms. The Morgan fingerprint density at radius 3 is 2.91 bits per heavy atom. The van der Waals surface area contributed by atoms with Crippen LogP contribution in [-0.2, 0) is 14.3 Å². The lowest BCUT2D eigenvalue weighted by atomic mass is 10.0. The maximum absolute atomic E-state index is 12.2. The number of hydrogen-bond donors (Lipinski definition) is 2. The van der Waals surface area contributed by atoms with Gasteiger partial charge in [0.05, 0.1) is 18.8 Å². The van der Waals surface area contributed by atoms with Gasteiger partial charge in [-0.05, 0) is 12.5 Å². The maximum Gasteiger partial charge on any atom is 0.328 e. The van der Waals surface area contributed by atoms with Crippen molar-refractivity contribution in [2.24, 2.45) is 5.11 Å². The summed E-state index contributed by atoms with van der Waals surface area (Å²) in [5.41, 5.74) is 8.56. The molecule has 122 valence electrons.